The molecule has 0 spiro atoms. The van der Waals surface area contributed by atoms with Crippen molar-refractivity contribution in [3.05, 3.63) is 42.1 Å². The monoisotopic (exact) mass is 393 g/mol. The zero-order valence-electron chi connectivity index (χ0n) is 15.7. The predicted octanol–water partition coefficient (Wildman–Crippen LogP) is 3.23. The van der Waals surface area contributed by atoms with Crippen molar-refractivity contribution in [2.24, 2.45) is 12.8 Å². The molecule has 10 heteroatoms. The molecule has 0 aliphatic rings. The van der Waals surface area contributed by atoms with Crippen molar-refractivity contribution in [1.82, 2.24) is 19.7 Å². The molecule has 28 heavy (non-hydrogen) atoms. The van der Waals surface area contributed by atoms with Crippen molar-refractivity contribution in [3.8, 4) is 0 Å². The summed E-state index contributed by atoms with van der Waals surface area (Å²) < 4.78 is 41.4. The molecule has 0 amide bonds. The van der Waals surface area contributed by atoms with Gasteiger partial charge < -0.3 is 16.4 Å². The highest BCUT2D eigenvalue weighted by molar-refractivity contribution is 5.87. The van der Waals surface area contributed by atoms with E-state index in [1.807, 2.05) is 30.3 Å². The Morgan fingerprint density at radius 3 is 2.46 bits per heavy atom. The van der Waals surface area contributed by atoms with Crippen LogP contribution in [0.25, 0.3) is 11.0 Å². The van der Waals surface area contributed by atoms with Gasteiger partial charge in [-0.25, -0.2) is 0 Å². The summed E-state index contributed by atoms with van der Waals surface area (Å²) in [5.41, 5.74) is 5.32. The van der Waals surface area contributed by atoms with Crippen LogP contribution in [0.5, 0.6) is 0 Å². The van der Waals surface area contributed by atoms with E-state index >= 15 is 0 Å². The maximum Gasteiger partial charge on any atom is 0.410 e. The molecule has 150 valence electrons. The van der Waals surface area contributed by atoms with Crippen LogP contribution in [0.3, 0.4) is 0 Å². The van der Waals surface area contributed by atoms with Gasteiger partial charge in [0.15, 0.2) is 5.65 Å². The van der Waals surface area contributed by atoms with Crippen molar-refractivity contribution in [2.75, 3.05) is 17.2 Å². The van der Waals surface area contributed by atoms with Crippen LogP contribution in [0.1, 0.15) is 25.5 Å². The van der Waals surface area contributed by atoms with E-state index in [1.54, 1.807) is 7.05 Å². The van der Waals surface area contributed by atoms with Gasteiger partial charge in [0.1, 0.15) is 11.4 Å². The maximum atomic E-state index is 13.3. The summed E-state index contributed by atoms with van der Waals surface area (Å²) in [5.74, 6) is 0.221. The molecule has 4 N–H and O–H groups in total. The first-order valence-corrected chi connectivity index (χ1v) is 8.67. The number of nitrogens with two attached hydrogens (primary N) is 1. The second kappa shape index (κ2) is 7.27. The van der Waals surface area contributed by atoms with E-state index in [-0.39, 0.29) is 17.8 Å². The maximum absolute atomic E-state index is 13.3. The first-order valence-electron chi connectivity index (χ1n) is 8.67. The smallest absolute Gasteiger partial charge is 0.356 e. The van der Waals surface area contributed by atoms with Gasteiger partial charge in [-0.05, 0) is 19.4 Å². The third-order valence-electron chi connectivity index (χ3n) is 4.44. The summed E-state index contributed by atoms with van der Waals surface area (Å²) >= 11 is 0. The van der Waals surface area contributed by atoms with Crippen LogP contribution >= 0.6 is 0 Å². The summed E-state index contributed by atoms with van der Waals surface area (Å²) in [5, 5.41) is 9.95. The number of benzene rings is 1. The molecule has 0 fully saturated rings. The summed E-state index contributed by atoms with van der Waals surface area (Å²) in [6.07, 6.45) is -3.03. The number of hydrogen-bond acceptors (Lipinski definition) is 6. The lowest BCUT2D eigenvalue weighted by atomic mass is 10.1. The van der Waals surface area contributed by atoms with Crippen LogP contribution in [-0.4, -0.2) is 38.0 Å². The van der Waals surface area contributed by atoms with Gasteiger partial charge in [0.2, 0.25) is 5.95 Å². The van der Waals surface area contributed by atoms with E-state index in [0.717, 1.165) is 19.4 Å². The fraction of sp³-hybridized carbons (Fsp3) is 0.389. The number of nitrogens with one attached hydrogen (secondary N) is 2. The lowest BCUT2D eigenvalue weighted by Gasteiger charge is -2.29. The summed E-state index contributed by atoms with van der Waals surface area (Å²) in [4.78, 5) is 8.59. The lowest BCUT2D eigenvalue weighted by Crippen LogP contribution is -2.46. The van der Waals surface area contributed by atoms with Gasteiger partial charge in [0.25, 0.3) is 0 Å². The number of halogens is 3. The SMILES string of the molecule is Cn1ncc2c(NC(C)(C)C(F)(F)F)nc(NC[C@H](N)c3ccccc3)nc21. The van der Waals surface area contributed by atoms with Gasteiger partial charge in [-0.2, -0.15) is 28.2 Å². The van der Waals surface area contributed by atoms with Crippen LogP contribution in [0, 0.1) is 0 Å². The Kier molecular flexibility index (Phi) is 5.16. The van der Waals surface area contributed by atoms with E-state index in [4.69, 9.17) is 5.73 Å². The van der Waals surface area contributed by atoms with Gasteiger partial charge in [-0.15, -0.1) is 0 Å². The van der Waals surface area contributed by atoms with E-state index in [0.29, 0.717) is 17.6 Å². The lowest BCUT2D eigenvalue weighted by molar-refractivity contribution is -0.168. The minimum Gasteiger partial charge on any atom is -0.356 e. The van der Waals surface area contributed by atoms with Crippen LogP contribution in [-0.2, 0) is 7.05 Å². The molecule has 3 rings (SSSR count). The molecular formula is C18H22F3N7. The highest BCUT2D eigenvalue weighted by Gasteiger charge is 2.48. The summed E-state index contributed by atoms with van der Waals surface area (Å²) in [6.45, 7) is 2.42. The van der Waals surface area contributed by atoms with E-state index in [2.05, 4.69) is 25.7 Å². The summed E-state index contributed by atoms with van der Waals surface area (Å²) in [6, 6.07) is 9.13. The van der Waals surface area contributed by atoms with Gasteiger partial charge >= 0.3 is 6.18 Å². The molecule has 2 heterocycles. The molecular weight excluding hydrogens is 371 g/mol. The quantitative estimate of drug-likeness (QED) is 0.595. The Morgan fingerprint density at radius 1 is 1.14 bits per heavy atom. The van der Waals surface area contributed by atoms with Crippen LogP contribution < -0.4 is 16.4 Å². The Balaban J connectivity index is 1.88. The average molecular weight is 393 g/mol. The number of aryl methyl sites for hydroxylation is 1. The number of hydrogen-bond donors (Lipinski definition) is 3. The molecule has 3 aromatic rings. The normalized spacial score (nSPS) is 13.5. The summed E-state index contributed by atoms with van der Waals surface area (Å²) in [7, 11) is 1.66. The number of alkyl halides is 3. The molecule has 1 atom stereocenters. The zero-order chi connectivity index (χ0) is 20.5. The number of fused-ring (bicyclic) bond motifs is 1. The average Bonchev–Trinajstić information content (AvgIpc) is 3.00. The van der Waals surface area contributed by atoms with Crippen molar-refractivity contribution >= 4 is 22.8 Å². The van der Waals surface area contributed by atoms with Crippen LogP contribution in [0.4, 0.5) is 24.9 Å². The third kappa shape index (κ3) is 4.01. The molecule has 0 aliphatic heterocycles. The van der Waals surface area contributed by atoms with Gasteiger partial charge in [-0.1, -0.05) is 30.3 Å². The Bertz CT molecular complexity index is 951. The molecule has 0 saturated carbocycles. The second-order valence-electron chi connectivity index (χ2n) is 7.05. The highest BCUT2D eigenvalue weighted by Crippen LogP contribution is 2.34. The van der Waals surface area contributed by atoms with Crippen molar-refractivity contribution < 1.29 is 13.2 Å². The van der Waals surface area contributed by atoms with Crippen LogP contribution in [0.2, 0.25) is 0 Å². The van der Waals surface area contributed by atoms with Crippen LogP contribution in [0.15, 0.2) is 36.5 Å². The molecule has 0 unspecified atom stereocenters. The van der Waals surface area contributed by atoms with E-state index in [9.17, 15) is 13.2 Å². The number of aromatic nitrogens is 4. The van der Waals surface area contributed by atoms with Gasteiger partial charge in [0.05, 0.1) is 11.6 Å². The first kappa shape index (κ1) is 19.9. The fourth-order valence-corrected chi connectivity index (χ4v) is 2.58. The van der Waals surface area contributed by atoms with E-state index in [1.165, 1.54) is 10.9 Å². The molecule has 0 bridgehead atoms. The minimum atomic E-state index is -4.46. The Hall–Kier alpha value is -2.88. The number of rotatable bonds is 6. The van der Waals surface area contributed by atoms with E-state index < -0.39 is 11.7 Å². The largest absolute Gasteiger partial charge is 0.410 e. The predicted molar refractivity (Wildman–Crippen MR) is 102 cm³/mol. The third-order valence-corrected chi connectivity index (χ3v) is 4.44. The van der Waals surface area contributed by atoms with Crippen molar-refractivity contribution in [2.45, 2.75) is 31.6 Å². The van der Waals surface area contributed by atoms with Gasteiger partial charge in [0, 0.05) is 19.6 Å². The number of anilines is 2. The molecule has 2 aromatic heterocycles. The second-order valence-corrected chi connectivity index (χ2v) is 7.05. The molecule has 7 nitrogen and oxygen atoms in total. The fourth-order valence-electron chi connectivity index (χ4n) is 2.58. The Labute approximate surface area is 160 Å². The Morgan fingerprint density at radius 2 is 1.82 bits per heavy atom. The minimum absolute atomic E-state index is 0.0520. The zero-order valence-corrected chi connectivity index (χ0v) is 15.7. The molecule has 0 radical (unpaired) electrons. The number of nitrogens with zero attached hydrogens (tertiary/aromatic N) is 4. The molecule has 1 aromatic carbocycles. The molecule has 0 aliphatic carbocycles. The van der Waals surface area contributed by atoms with Crippen molar-refractivity contribution in [1.29, 1.82) is 0 Å². The standard InChI is InChI=1S/C18H22F3N7/c1-17(2,18(19,20)21)27-14-12-9-24-28(3)15(12)26-16(25-14)23-10-13(22)11-7-5-4-6-8-11/h4-9,13H,10,22H2,1-3H3,(H2,23,25,26,27)/t13-/m0/s1. The van der Waals surface area contributed by atoms with Crippen molar-refractivity contribution in [3.63, 3.8) is 0 Å². The molecule has 0 saturated heterocycles. The first-order chi connectivity index (χ1) is 13.1. The highest BCUT2D eigenvalue weighted by atomic mass is 19.4. The topological polar surface area (TPSA) is 93.7 Å². The van der Waals surface area contributed by atoms with Gasteiger partial charge in [-0.3, -0.25) is 4.68 Å².